The molecule has 0 saturated heterocycles. The Balaban J connectivity index is 0.000000538. The van der Waals surface area contributed by atoms with Gasteiger partial charge in [0.1, 0.15) is 6.10 Å². The maximum atomic E-state index is 11.9. The molecule has 25 heavy (non-hydrogen) atoms. The van der Waals surface area contributed by atoms with Crippen molar-refractivity contribution in [2.75, 3.05) is 14.2 Å². The van der Waals surface area contributed by atoms with Crippen LogP contribution in [0.5, 0.6) is 0 Å². The first-order chi connectivity index (χ1) is 11.8. The zero-order valence-corrected chi connectivity index (χ0v) is 15.5. The molecule has 0 aliphatic rings. The van der Waals surface area contributed by atoms with Crippen molar-refractivity contribution in [3.05, 3.63) is 71.8 Å². The van der Waals surface area contributed by atoms with Crippen LogP contribution in [0.4, 0.5) is 0 Å². The van der Waals surface area contributed by atoms with Crippen LogP contribution in [-0.2, 0) is 9.62 Å². The third kappa shape index (κ3) is 10.4. The lowest BCUT2D eigenvalue weighted by atomic mass is 10.0. The average molecular weight is 348 g/mol. The first-order valence-corrected chi connectivity index (χ1v) is 7.81. The second-order valence-electron chi connectivity index (χ2n) is 6.16. The predicted molar refractivity (Wildman–Crippen MR) is 98.6 cm³/mol. The first kappa shape index (κ1) is 22.9. The minimum Gasteiger partial charge on any atom is -0.388 e. The topological polar surface area (TPSA) is 76.0 Å². The van der Waals surface area contributed by atoms with Gasteiger partial charge in [-0.3, -0.25) is 10.1 Å². The maximum absolute atomic E-state index is 11.9. The number of aliphatic hydroxyl groups is 1. The van der Waals surface area contributed by atoms with Gasteiger partial charge >= 0.3 is 0 Å². The molecular weight excluding hydrogens is 320 g/mol. The van der Waals surface area contributed by atoms with E-state index in [9.17, 15) is 9.90 Å². The van der Waals surface area contributed by atoms with E-state index in [0.29, 0.717) is 11.1 Å². The number of methoxy groups -OCH3 is 1. The molecule has 2 aromatic carbocycles. The number of hydrogen-bond donors (Lipinski definition) is 2. The number of rotatable bonds is 3. The first-order valence-electron chi connectivity index (χ1n) is 7.81. The van der Waals surface area contributed by atoms with Gasteiger partial charge < -0.3 is 9.84 Å². The summed E-state index contributed by atoms with van der Waals surface area (Å²) in [6, 6.07) is 17.7. The SMILES string of the molecule is CC(C)(C)OO.COC.O=C(c1ccccc1)C(O)c1ccccc1. The fourth-order valence-electron chi connectivity index (χ4n) is 1.55. The fourth-order valence-corrected chi connectivity index (χ4v) is 1.55. The van der Waals surface area contributed by atoms with Crippen LogP contribution in [0.25, 0.3) is 0 Å². The monoisotopic (exact) mass is 348 g/mol. The molecular formula is C20H28O5. The number of hydrogen-bond acceptors (Lipinski definition) is 5. The van der Waals surface area contributed by atoms with Gasteiger partial charge in [0.05, 0.1) is 5.60 Å². The summed E-state index contributed by atoms with van der Waals surface area (Å²) in [6.45, 7) is 5.31. The molecule has 0 spiro atoms. The molecule has 0 aliphatic carbocycles. The number of benzene rings is 2. The van der Waals surface area contributed by atoms with Crippen LogP contribution in [0.2, 0.25) is 0 Å². The normalized spacial score (nSPS) is 11.3. The summed E-state index contributed by atoms with van der Waals surface area (Å²) in [4.78, 5) is 15.8. The van der Waals surface area contributed by atoms with Gasteiger partial charge in [-0.15, -0.1) is 0 Å². The summed E-state index contributed by atoms with van der Waals surface area (Å²) in [5.41, 5.74) is 0.746. The van der Waals surface area contributed by atoms with Gasteiger partial charge in [0.25, 0.3) is 0 Å². The highest BCUT2D eigenvalue weighted by atomic mass is 17.1. The molecule has 0 fully saturated rings. The van der Waals surface area contributed by atoms with E-state index in [1.807, 2.05) is 12.1 Å². The highest BCUT2D eigenvalue weighted by Crippen LogP contribution is 2.17. The molecule has 1 atom stereocenters. The van der Waals surface area contributed by atoms with Gasteiger partial charge in [-0.2, -0.15) is 0 Å². The van der Waals surface area contributed by atoms with Crippen molar-refractivity contribution in [3.8, 4) is 0 Å². The standard InChI is InChI=1S/C14H12O2.C4H10O2.C2H6O/c15-13(11-7-3-1-4-8-11)14(16)12-9-5-2-6-10-12;1-4(2,3)6-5;1-3-2/h1-10,13,15H;5H,1-3H3;1-2H3. The Kier molecular flexibility index (Phi) is 11.3. The minimum atomic E-state index is -1.08. The van der Waals surface area contributed by atoms with E-state index in [-0.39, 0.29) is 5.78 Å². The molecule has 2 aromatic rings. The van der Waals surface area contributed by atoms with Crippen molar-refractivity contribution in [1.82, 2.24) is 0 Å². The molecule has 5 heteroatoms. The van der Waals surface area contributed by atoms with E-state index in [4.69, 9.17) is 5.26 Å². The van der Waals surface area contributed by atoms with Crippen LogP contribution < -0.4 is 0 Å². The van der Waals surface area contributed by atoms with Crippen molar-refractivity contribution in [2.45, 2.75) is 32.5 Å². The van der Waals surface area contributed by atoms with Crippen molar-refractivity contribution < 1.29 is 24.8 Å². The van der Waals surface area contributed by atoms with Crippen molar-refractivity contribution >= 4 is 5.78 Å². The minimum absolute atomic E-state index is 0.271. The largest absolute Gasteiger partial charge is 0.388 e. The fraction of sp³-hybridized carbons (Fsp3) is 0.350. The number of ketones is 1. The highest BCUT2D eigenvalue weighted by molar-refractivity contribution is 5.99. The van der Waals surface area contributed by atoms with Crippen LogP contribution in [0.1, 0.15) is 42.8 Å². The van der Waals surface area contributed by atoms with Crippen LogP contribution in [0.3, 0.4) is 0 Å². The number of carbonyl (C=O) groups is 1. The Morgan fingerprint density at radius 1 is 0.920 bits per heavy atom. The second-order valence-corrected chi connectivity index (χ2v) is 6.16. The zero-order chi connectivity index (χ0) is 19.3. The number of aliphatic hydroxyl groups excluding tert-OH is 1. The molecule has 2 N–H and O–H groups in total. The van der Waals surface area contributed by atoms with Crippen molar-refractivity contribution in [1.29, 1.82) is 0 Å². The Bertz CT molecular complexity index is 576. The van der Waals surface area contributed by atoms with Gasteiger partial charge in [0.15, 0.2) is 5.78 Å². The number of ether oxygens (including phenoxy) is 1. The zero-order valence-electron chi connectivity index (χ0n) is 15.5. The Labute approximate surface area is 149 Å². The number of Topliss-reactive ketones (excluding diaryl/α,β-unsaturated/α-hetero) is 1. The molecule has 1 unspecified atom stereocenters. The summed E-state index contributed by atoms with van der Waals surface area (Å²) in [7, 11) is 3.25. The van der Waals surface area contributed by atoms with E-state index < -0.39 is 11.7 Å². The molecule has 138 valence electrons. The smallest absolute Gasteiger partial charge is 0.195 e. The van der Waals surface area contributed by atoms with Crippen LogP contribution >= 0.6 is 0 Å². The molecule has 0 radical (unpaired) electrons. The summed E-state index contributed by atoms with van der Waals surface area (Å²) in [5.74, 6) is -0.271. The molecule has 0 amide bonds. The Hall–Kier alpha value is -2.05. The predicted octanol–water partition coefficient (Wildman–Crippen LogP) is 4.14. The van der Waals surface area contributed by atoms with Gasteiger partial charge in [0, 0.05) is 19.8 Å². The lowest BCUT2D eigenvalue weighted by Crippen LogP contribution is -2.15. The van der Waals surface area contributed by atoms with Gasteiger partial charge in [-0.25, -0.2) is 4.89 Å². The Morgan fingerprint density at radius 3 is 1.64 bits per heavy atom. The van der Waals surface area contributed by atoms with E-state index in [2.05, 4.69) is 9.62 Å². The van der Waals surface area contributed by atoms with Crippen molar-refractivity contribution in [2.24, 2.45) is 0 Å². The summed E-state index contributed by atoms with van der Waals surface area (Å²) < 4.78 is 4.25. The van der Waals surface area contributed by atoms with Crippen LogP contribution in [0, 0.1) is 0 Å². The molecule has 2 rings (SSSR count). The van der Waals surface area contributed by atoms with Crippen LogP contribution in [0.15, 0.2) is 60.7 Å². The van der Waals surface area contributed by atoms with Crippen molar-refractivity contribution in [3.63, 3.8) is 0 Å². The molecule has 0 heterocycles. The van der Waals surface area contributed by atoms with E-state index in [1.54, 1.807) is 83.5 Å². The Morgan fingerprint density at radius 2 is 1.28 bits per heavy atom. The summed E-state index contributed by atoms with van der Waals surface area (Å²) in [6.07, 6.45) is -1.08. The second kappa shape index (κ2) is 12.3. The number of carbonyl (C=O) groups excluding carboxylic acids is 1. The molecule has 0 aromatic heterocycles. The summed E-state index contributed by atoms with van der Waals surface area (Å²) in [5, 5.41) is 17.8. The van der Waals surface area contributed by atoms with Crippen LogP contribution in [-0.4, -0.2) is 36.0 Å². The van der Waals surface area contributed by atoms with E-state index >= 15 is 0 Å². The van der Waals surface area contributed by atoms with E-state index in [0.717, 1.165) is 0 Å². The van der Waals surface area contributed by atoms with E-state index in [1.165, 1.54) is 0 Å². The lowest BCUT2D eigenvalue weighted by molar-refractivity contribution is -0.306. The third-order valence-corrected chi connectivity index (χ3v) is 2.70. The van der Waals surface area contributed by atoms with Gasteiger partial charge in [0.2, 0.25) is 0 Å². The molecule has 5 nitrogen and oxygen atoms in total. The quantitative estimate of drug-likeness (QED) is 0.495. The lowest BCUT2D eigenvalue weighted by Gasteiger charge is -2.10. The third-order valence-electron chi connectivity index (χ3n) is 2.70. The molecule has 0 bridgehead atoms. The molecule has 0 aliphatic heterocycles. The maximum Gasteiger partial charge on any atom is 0.195 e. The average Bonchev–Trinajstić information content (AvgIpc) is 2.62. The van der Waals surface area contributed by atoms with Gasteiger partial charge in [-0.1, -0.05) is 60.7 Å². The van der Waals surface area contributed by atoms with Gasteiger partial charge in [-0.05, 0) is 26.3 Å². The summed E-state index contributed by atoms with van der Waals surface area (Å²) >= 11 is 0. The highest BCUT2D eigenvalue weighted by Gasteiger charge is 2.18. The molecule has 0 saturated carbocycles.